The van der Waals surface area contributed by atoms with Gasteiger partial charge in [-0.05, 0) is 36.1 Å². The third kappa shape index (κ3) is 2.82. The first-order chi connectivity index (χ1) is 12.7. The topological polar surface area (TPSA) is 46.2 Å². The molecule has 0 spiro atoms. The molecule has 0 aromatic heterocycles. The molecule has 128 valence electrons. The number of rotatable bonds is 4. The standard InChI is InChI=1S/C23H19NO2/c25-21-19-13-7-8-14-20(19)24-22(26)23(21,15-17-9-3-1-4-10-17)16-18-11-5-2-6-12-18/h1-14H,15-16H2,(H,24,26). The molecular weight excluding hydrogens is 322 g/mol. The van der Waals surface area contributed by atoms with Gasteiger partial charge >= 0.3 is 0 Å². The van der Waals surface area contributed by atoms with Crippen molar-refractivity contribution in [3.05, 3.63) is 102 Å². The number of para-hydroxylation sites is 1. The number of Topliss-reactive ketones (excluding diaryl/α,β-unsaturated/α-hetero) is 1. The Morgan fingerprint density at radius 2 is 1.15 bits per heavy atom. The third-order valence-corrected chi connectivity index (χ3v) is 4.99. The monoisotopic (exact) mass is 341 g/mol. The number of benzene rings is 3. The number of carbonyl (C=O) groups excluding carboxylic acids is 2. The summed E-state index contributed by atoms with van der Waals surface area (Å²) in [5.74, 6) is -0.335. The van der Waals surface area contributed by atoms with E-state index in [2.05, 4.69) is 5.32 Å². The zero-order chi connectivity index (χ0) is 18.0. The molecule has 3 aromatic rings. The summed E-state index contributed by atoms with van der Waals surface area (Å²) < 4.78 is 0. The number of anilines is 1. The Kier molecular flexibility index (Phi) is 4.13. The van der Waals surface area contributed by atoms with E-state index in [0.29, 0.717) is 24.1 Å². The van der Waals surface area contributed by atoms with Gasteiger partial charge in [0.25, 0.3) is 0 Å². The van der Waals surface area contributed by atoms with Crippen LogP contribution in [-0.2, 0) is 17.6 Å². The van der Waals surface area contributed by atoms with Gasteiger partial charge in [0.1, 0.15) is 5.41 Å². The molecule has 1 amide bonds. The van der Waals surface area contributed by atoms with Gasteiger partial charge in [-0.3, -0.25) is 9.59 Å². The van der Waals surface area contributed by atoms with Gasteiger partial charge in [0, 0.05) is 5.56 Å². The Labute approximate surface area is 152 Å². The third-order valence-electron chi connectivity index (χ3n) is 4.99. The highest BCUT2D eigenvalue weighted by Gasteiger charge is 2.49. The predicted octanol–water partition coefficient (Wildman–Crippen LogP) is 4.29. The average Bonchev–Trinajstić information content (AvgIpc) is 2.68. The van der Waals surface area contributed by atoms with Gasteiger partial charge in [-0.15, -0.1) is 0 Å². The molecule has 1 aliphatic heterocycles. The lowest BCUT2D eigenvalue weighted by Crippen LogP contribution is -2.50. The smallest absolute Gasteiger partial charge is 0.239 e. The maximum Gasteiger partial charge on any atom is 0.239 e. The lowest BCUT2D eigenvalue weighted by Gasteiger charge is -2.36. The summed E-state index contributed by atoms with van der Waals surface area (Å²) in [6, 6.07) is 26.7. The lowest BCUT2D eigenvalue weighted by atomic mass is 9.68. The van der Waals surface area contributed by atoms with E-state index in [0.717, 1.165) is 11.1 Å². The molecule has 0 fully saturated rings. The summed E-state index contributed by atoms with van der Waals surface area (Å²) in [6.45, 7) is 0. The maximum atomic E-state index is 13.5. The van der Waals surface area contributed by atoms with E-state index in [-0.39, 0.29) is 11.7 Å². The first kappa shape index (κ1) is 16.3. The van der Waals surface area contributed by atoms with Crippen molar-refractivity contribution in [2.24, 2.45) is 5.41 Å². The minimum Gasteiger partial charge on any atom is -0.325 e. The van der Waals surface area contributed by atoms with Crippen LogP contribution in [0.4, 0.5) is 5.69 Å². The van der Waals surface area contributed by atoms with Gasteiger partial charge in [0.05, 0.1) is 5.69 Å². The van der Waals surface area contributed by atoms with Gasteiger partial charge in [-0.25, -0.2) is 0 Å². The van der Waals surface area contributed by atoms with Crippen molar-refractivity contribution in [1.82, 2.24) is 0 Å². The lowest BCUT2D eigenvalue weighted by molar-refractivity contribution is -0.123. The summed E-state index contributed by atoms with van der Waals surface area (Å²) in [5.41, 5.74) is 1.99. The number of fused-ring (bicyclic) bond motifs is 1. The van der Waals surface area contributed by atoms with Crippen LogP contribution in [0.3, 0.4) is 0 Å². The molecule has 0 saturated carbocycles. The molecule has 0 saturated heterocycles. The quantitative estimate of drug-likeness (QED) is 0.720. The number of hydrogen-bond acceptors (Lipinski definition) is 2. The van der Waals surface area contributed by atoms with Crippen LogP contribution >= 0.6 is 0 Å². The highest BCUT2D eigenvalue weighted by atomic mass is 16.2. The second kappa shape index (κ2) is 6.60. The van der Waals surface area contributed by atoms with Crippen molar-refractivity contribution in [2.45, 2.75) is 12.8 Å². The van der Waals surface area contributed by atoms with Gasteiger partial charge in [-0.1, -0.05) is 72.8 Å². The molecule has 3 heteroatoms. The van der Waals surface area contributed by atoms with Gasteiger partial charge in [-0.2, -0.15) is 0 Å². The van der Waals surface area contributed by atoms with E-state index >= 15 is 0 Å². The van der Waals surface area contributed by atoms with E-state index in [1.54, 1.807) is 12.1 Å². The molecule has 3 nitrogen and oxygen atoms in total. The molecule has 4 rings (SSSR count). The summed E-state index contributed by atoms with van der Waals surface area (Å²) in [7, 11) is 0. The molecule has 0 unspecified atom stereocenters. The van der Waals surface area contributed by atoms with Gasteiger partial charge < -0.3 is 5.32 Å². The predicted molar refractivity (Wildman–Crippen MR) is 102 cm³/mol. The number of ketones is 1. The van der Waals surface area contributed by atoms with Crippen LogP contribution in [0.25, 0.3) is 0 Å². The van der Waals surface area contributed by atoms with Gasteiger partial charge in [0.2, 0.25) is 5.91 Å². The minimum atomic E-state index is -1.14. The molecule has 1 N–H and O–H groups in total. The molecule has 0 aliphatic carbocycles. The number of carbonyl (C=O) groups is 2. The summed E-state index contributed by atoms with van der Waals surface area (Å²) in [6.07, 6.45) is 0.753. The van der Waals surface area contributed by atoms with Crippen molar-refractivity contribution < 1.29 is 9.59 Å². The van der Waals surface area contributed by atoms with Crippen LogP contribution < -0.4 is 5.32 Å². The van der Waals surface area contributed by atoms with Crippen molar-refractivity contribution in [1.29, 1.82) is 0 Å². The van der Waals surface area contributed by atoms with Crippen molar-refractivity contribution >= 4 is 17.4 Å². The normalized spacial score (nSPS) is 15.2. The van der Waals surface area contributed by atoms with E-state index in [4.69, 9.17) is 0 Å². The molecular formula is C23H19NO2. The largest absolute Gasteiger partial charge is 0.325 e. The number of nitrogens with one attached hydrogen (secondary N) is 1. The summed E-state index contributed by atoms with van der Waals surface area (Å²) >= 11 is 0. The summed E-state index contributed by atoms with van der Waals surface area (Å²) in [5, 5.41) is 2.96. The molecule has 3 aromatic carbocycles. The molecule has 1 aliphatic rings. The van der Waals surface area contributed by atoms with Crippen LogP contribution in [-0.4, -0.2) is 11.7 Å². The number of amides is 1. The fourth-order valence-corrected chi connectivity index (χ4v) is 3.67. The van der Waals surface area contributed by atoms with Crippen molar-refractivity contribution in [2.75, 3.05) is 5.32 Å². The second-order valence-corrected chi connectivity index (χ2v) is 6.74. The van der Waals surface area contributed by atoms with Gasteiger partial charge in [0.15, 0.2) is 5.78 Å². The summed E-state index contributed by atoms with van der Waals surface area (Å²) in [4.78, 5) is 26.7. The zero-order valence-corrected chi connectivity index (χ0v) is 14.3. The van der Waals surface area contributed by atoms with Crippen LogP contribution in [0.15, 0.2) is 84.9 Å². The molecule has 1 heterocycles. The average molecular weight is 341 g/mol. The Hall–Kier alpha value is -3.20. The fraction of sp³-hybridized carbons (Fsp3) is 0.130. The Bertz CT molecular complexity index is 907. The minimum absolute atomic E-state index is 0.107. The fourth-order valence-electron chi connectivity index (χ4n) is 3.67. The van der Waals surface area contributed by atoms with E-state index in [1.165, 1.54) is 0 Å². The van der Waals surface area contributed by atoms with E-state index in [1.807, 2.05) is 72.8 Å². The second-order valence-electron chi connectivity index (χ2n) is 6.74. The molecule has 0 radical (unpaired) electrons. The van der Waals surface area contributed by atoms with E-state index in [9.17, 15) is 9.59 Å². The van der Waals surface area contributed by atoms with Crippen LogP contribution in [0.2, 0.25) is 0 Å². The number of hydrogen-bond donors (Lipinski definition) is 1. The highest BCUT2D eigenvalue weighted by molar-refractivity contribution is 6.24. The zero-order valence-electron chi connectivity index (χ0n) is 14.3. The Balaban J connectivity index is 1.82. The first-order valence-corrected chi connectivity index (χ1v) is 8.72. The van der Waals surface area contributed by atoms with Crippen LogP contribution in [0.1, 0.15) is 21.5 Å². The van der Waals surface area contributed by atoms with Crippen LogP contribution in [0.5, 0.6) is 0 Å². The maximum absolute atomic E-state index is 13.5. The molecule has 26 heavy (non-hydrogen) atoms. The molecule has 0 atom stereocenters. The van der Waals surface area contributed by atoms with E-state index < -0.39 is 5.41 Å². The Morgan fingerprint density at radius 1 is 0.654 bits per heavy atom. The first-order valence-electron chi connectivity index (χ1n) is 8.72. The Morgan fingerprint density at radius 3 is 1.73 bits per heavy atom. The highest BCUT2D eigenvalue weighted by Crippen LogP contribution is 2.39. The molecule has 0 bridgehead atoms. The SMILES string of the molecule is O=C1Nc2ccccc2C(=O)C1(Cc1ccccc1)Cc1ccccc1. The van der Waals surface area contributed by atoms with Crippen molar-refractivity contribution in [3.63, 3.8) is 0 Å². The van der Waals surface area contributed by atoms with Crippen LogP contribution in [0, 0.1) is 5.41 Å². The van der Waals surface area contributed by atoms with Crippen molar-refractivity contribution in [3.8, 4) is 0 Å².